The van der Waals surface area contributed by atoms with E-state index in [0.29, 0.717) is 18.6 Å². The SMILES string of the molecule is Cc1ccccc1Oc1ccc(S(=O)(=O)NCCCCC(=O)O)cc1. The first kappa shape index (κ1) is 19.0. The molecule has 2 N–H and O–H groups in total. The van der Waals surface area contributed by atoms with Crippen LogP contribution in [0.15, 0.2) is 53.4 Å². The van der Waals surface area contributed by atoms with E-state index in [4.69, 9.17) is 9.84 Å². The van der Waals surface area contributed by atoms with Gasteiger partial charge in [-0.05, 0) is 55.7 Å². The summed E-state index contributed by atoms with van der Waals surface area (Å²) in [5.41, 5.74) is 0.988. The molecule has 25 heavy (non-hydrogen) atoms. The quantitative estimate of drug-likeness (QED) is 0.667. The molecular formula is C18H21NO5S. The number of carboxylic acids is 1. The van der Waals surface area contributed by atoms with Crippen molar-refractivity contribution in [3.63, 3.8) is 0 Å². The molecule has 0 spiro atoms. The van der Waals surface area contributed by atoms with E-state index in [-0.39, 0.29) is 17.9 Å². The summed E-state index contributed by atoms with van der Waals surface area (Å²) in [6.45, 7) is 2.14. The summed E-state index contributed by atoms with van der Waals surface area (Å²) in [5.74, 6) is 0.386. The molecule has 0 heterocycles. The van der Waals surface area contributed by atoms with Crippen LogP contribution in [0, 0.1) is 6.92 Å². The van der Waals surface area contributed by atoms with Gasteiger partial charge in [-0.3, -0.25) is 4.79 Å². The van der Waals surface area contributed by atoms with Crippen molar-refractivity contribution in [1.29, 1.82) is 0 Å². The summed E-state index contributed by atoms with van der Waals surface area (Å²) in [4.78, 5) is 10.6. The maximum atomic E-state index is 12.2. The molecule has 0 aliphatic rings. The lowest BCUT2D eigenvalue weighted by Crippen LogP contribution is -2.24. The molecule has 0 radical (unpaired) electrons. The van der Waals surface area contributed by atoms with E-state index in [2.05, 4.69) is 4.72 Å². The molecule has 0 fully saturated rings. The van der Waals surface area contributed by atoms with Gasteiger partial charge < -0.3 is 9.84 Å². The lowest BCUT2D eigenvalue weighted by molar-refractivity contribution is -0.137. The molecule has 0 aliphatic heterocycles. The molecule has 2 rings (SSSR count). The van der Waals surface area contributed by atoms with Crippen molar-refractivity contribution in [1.82, 2.24) is 4.72 Å². The number of ether oxygens (including phenoxy) is 1. The zero-order valence-electron chi connectivity index (χ0n) is 13.9. The van der Waals surface area contributed by atoms with E-state index in [9.17, 15) is 13.2 Å². The molecule has 7 heteroatoms. The second kappa shape index (κ2) is 8.64. The molecule has 0 saturated heterocycles. The first-order valence-electron chi connectivity index (χ1n) is 7.93. The van der Waals surface area contributed by atoms with E-state index >= 15 is 0 Å². The maximum absolute atomic E-state index is 12.2. The molecule has 2 aromatic carbocycles. The number of nitrogens with one attached hydrogen (secondary N) is 1. The normalized spacial score (nSPS) is 11.2. The van der Waals surface area contributed by atoms with Crippen LogP contribution in [0.1, 0.15) is 24.8 Å². The smallest absolute Gasteiger partial charge is 0.303 e. The Hall–Kier alpha value is -2.38. The minimum atomic E-state index is -3.61. The van der Waals surface area contributed by atoms with Crippen LogP contribution in [0.5, 0.6) is 11.5 Å². The molecule has 0 aliphatic carbocycles. The third kappa shape index (κ3) is 5.88. The van der Waals surface area contributed by atoms with Gasteiger partial charge in [-0.25, -0.2) is 13.1 Å². The highest BCUT2D eigenvalue weighted by atomic mass is 32.2. The van der Waals surface area contributed by atoms with Crippen molar-refractivity contribution in [2.24, 2.45) is 0 Å². The number of para-hydroxylation sites is 1. The standard InChI is InChI=1S/C18H21NO5S/c1-14-6-2-3-7-17(14)24-15-9-11-16(12-10-15)25(22,23)19-13-5-4-8-18(20)21/h2-3,6-7,9-12,19H,4-5,8,13H2,1H3,(H,20,21). The van der Waals surface area contributed by atoms with Gasteiger partial charge in [-0.1, -0.05) is 18.2 Å². The number of unbranched alkanes of at least 4 members (excludes halogenated alkanes) is 1. The van der Waals surface area contributed by atoms with Crippen LogP contribution in [0.2, 0.25) is 0 Å². The zero-order valence-corrected chi connectivity index (χ0v) is 14.8. The summed E-state index contributed by atoms with van der Waals surface area (Å²) in [5, 5.41) is 8.55. The van der Waals surface area contributed by atoms with Gasteiger partial charge in [0.1, 0.15) is 11.5 Å². The van der Waals surface area contributed by atoms with Gasteiger partial charge in [-0.15, -0.1) is 0 Å². The second-order valence-electron chi connectivity index (χ2n) is 5.59. The van der Waals surface area contributed by atoms with Crippen LogP contribution >= 0.6 is 0 Å². The average molecular weight is 363 g/mol. The highest BCUT2D eigenvalue weighted by Gasteiger charge is 2.13. The van der Waals surface area contributed by atoms with Crippen molar-refractivity contribution in [3.8, 4) is 11.5 Å². The molecule has 6 nitrogen and oxygen atoms in total. The molecule has 134 valence electrons. The maximum Gasteiger partial charge on any atom is 0.303 e. The lowest BCUT2D eigenvalue weighted by Gasteiger charge is -2.10. The Morgan fingerprint density at radius 1 is 1.08 bits per heavy atom. The van der Waals surface area contributed by atoms with E-state index in [1.54, 1.807) is 12.1 Å². The number of aliphatic carboxylic acids is 1. The lowest BCUT2D eigenvalue weighted by atomic mass is 10.2. The largest absolute Gasteiger partial charge is 0.481 e. The number of carbonyl (C=O) groups is 1. The minimum absolute atomic E-state index is 0.0344. The fourth-order valence-electron chi connectivity index (χ4n) is 2.18. The Bertz CT molecular complexity index is 816. The Labute approximate surface area is 147 Å². The molecule has 0 atom stereocenters. The van der Waals surface area contributed by atoms with Crippen molar-refractivity contribution in [3.05, 3.63) is 54.1 Å². The summed E-state index contributed by atoms with van der Waals surface area (Å²) in [6, 6.07) is 13.7. The highest BCUT2D eigenvalue weighted by Crippen LogP contribution is 2.25. The van der Waals surface area contributed by atoms with E-state index in [1.165, 1.54) is 12.1 Å². The number of hydrogen-bond donors (Lipinski definition) is 2. The van der Waals surface area contributed by atoms with Crippen molar-refractivity contribution < 1.29 is 23.1 Å². The van der Waals surface area contributed by atoms with Gasteiger partial charge in [0.15, 0.2) is 0 Å². The predicted molar refractivity (Wildman–Crippen MR) is 94.4 cm³/mol. The Kier molecular flexibility index (Phi) is 6.55. The van der Waals surface area contributed by atoms with Gasteiger partial charge in [0, 0.05) is 13.0 Å². The van der Waals surface area contributed by atoms with Crippen molar-refractivity contribution >= 4 is 16.0 Å². The molecule has 2 aromatic rings. The number of sulfonamides is 1. The van der Waals surface area contributed by atoms with Crippen LogP contribution in [0.25, 0.3) is 0 Å². The summed E-state index contributed by atoms with van der Waals surface area (Å²) >= 11 is 0. The summed E-state index contributed by atoms with van der Waals surface area (Å²) in [7, 11) is -3.61. The Morgan fingerprint density at radius 2 is 1.76 bits per heavy atom. The summed E-state index contributed by atoms with van der Waals surface area (Å²) in [6.07, 6.45) is 0.938. The topological polar surface area (TPSA) is 92.7 Å². The third-order valence-electron chi connectivity index (χ3n) is 3.56. The van der Waals surface area contributed by atoms with Gasteiger partial charge in [0.2, 0.25) is 10.0 Å². The number of aryl methyl sites for hydroxylation is 1. The fraction of sp³-hybridized carbons (Fsp3) is 0.278. The van der Waals surface area contributed by atoms with Crippen LogP contribution in [-0.2, 0) is 14.8 Å². The number of benzene rings is 2. The fourth-order valence-corrected chi connectivity index (χ4v) is 3.25. The monoisotopic (exact) mass is 363 g/mol. The van der Waals surface area contributed by atoms with Crippen LogP contribution in [0.4, 0.5) is 0 Å². The van der Waals surface area contributed by atoms with Crippen LogP contribution < -0.4 is 9.46 Å². The highest BCUT2D eigenvalue weighted by molar-refractivity contribution is 7.89. The van der Waals surface area contributed by atoms with Crippen LogP contribution in [0.3, 0.4) is 0 Å². The Balaban J connectivity index is 1.94. The second-order valence-corrected chi connectivity index (χ2v) is 7.35. The number of rotatable bonds is 9. The van der Waals surface area contributed by atoms with E-state index in [1.807, 2.05) is 31.2 Å². The van der Waals surface area contributed by atoms with Crippen molar-refractivity contribution in [2.45, 2.75) is 31.1 Å². The molecule has 0 bridgehead atoms. The molecule has 0 saturated carbocycles. The Morgan fingerprint density at radius 3 is 2.40 bits per heavy atom. The van der Waals surface area contributed by atoms with E-state index in [0.717, 1.165) is 11.3 Å². The predicted octanol–water partition coefficient (Wildman–Crippen LogP) is 3.32. The molecule has 0 amide bonds. The zero-order chi connectivity index (χ0) is 18.3. The van der Waals surface area contributed by atoms with E-state index < -0.39 is 16.0 Å². The third-order valence-corrected chi connectivity index (χ3v) is 5.04. The van der Waals surface area contributed by atoms with Gasteiger partial charge in [0.25, 0.3) is 0 Å². The van der Waals surface area contributed by atoms with Crippen LogP contribution in [-0.4, -0.2) is 26.0 Å². The molecule has 0 unspecified atom stereocenters. The van der Waals surface area contributed by atoms with Gasteiger partial charge in [-0.2, -0.15) is 0 Å². The number of carboxylic acid groups (broad SMARTS) is 1. The first-order chi connectivity index (χ1) is 11.9. The van der Waals surface area contributed by atoms with Gasteiger partial charge in [0.05, 0.1) is 4.90 Å². The number of hydrogen-bond acceptors (Lipinski definition) is 4. The van der Waals surface area contributed by atoms with Gasteiger partial charge >= 0.3 is 5.97 Å². The molecular weight excluding hydrogens is 342 g/mol. The molecule has 0 aromatic heterocycles. The van der Waals surface area contributed by atoms with Crippen molar-refractivity contribution in [2.75, 3.05) is 6.54 Å². The minimum Gasteiger partial charge on any atom is -0.481 e. The average Bonchev–Trinajstić information content (AvgIpc) is 2.57. The summed E-state index contributed by atoms with van der Waals surface area (Å²) < 4.78 is 32.6. The first-order valence-corrected chi connectivity index (χ1v) is 9.42.